The molecule has 0 unspecified atom stereocenters. The van der Waals surface area contributed by atoms with Gasteiger partial charge in [0.05, 0.1) is 4.90 Å². The summed E-state index contributed by atoms with van der Waals surface area (Å²) in [4.78, 5) is -0.0972. The summed E-state index contributed by atoms with van der Waals surface area (Å²) in [6.45, 7) is 2.03. The molecule has 2 aromatic rings. The number of aryl methyl sites for hydroxylation is 1. The molecule has 0 radical (unpaired) electrons. The molecule has 98 valence electrons. The summed E-state index contributed by atoms with van der Waals surface area (Å²) < 4.78 is 30.7. The Bertz CT molecular complexity index is 681. The van der Waals surface area contributed by atoms with Crippen LogP contribution in [0.4, 0.5) is 0 Å². The number of benzene rings is 2. The summed E-state index contributed by atoms with van der Waals surface area (Å²) in [5.74, 6) is 0. The molecule has 0 spiro atoms. The molecule has 0 saturated carbocycles. The van der Waals surface area contributed by atoms with E-state index in [0.29, 0.717) is 0 Å². The third-order valence-electron chi connectivity index (χ3n) is 2.72. The second-order valence-corrected chi connectivity index (χ2v) is 5.71. The fourth-order valence-corrected chi connectivity index (χ4v) is 2.10. The molecule has 0 bridgehead atoms. The summed E-state index contributed by atoms with van der Waals surface area (Å²) in [5.41, 5.74) is 3.15. The molecule has 0 fully saturated rings. The van der Waals surface area contributed by atoms with Crippen molar-refractivity contribution in [2.24, 2.45) is 0 Å². The van der Waals surface area contributed by atoms with Gasteiger partial charge in [-0.1, -0.05) is 54.1 Å². The lowest BCUT2D eigenvalue weighted by molar-refractivity contribution is 0.483. The fraction of sp³-hybridized carbons (Fsp3) is 0.0667. The lowest BCUT2D eigenvalue weighted by Crippen LogP contribution is -1.97. The van der Waals surface area contributed by atoms with E-state index in [1.807, 2.05) is 43.3 Å². The maximum Gasteiger partial charge on any atom is 0.294 e. The van der Waals surface area contributed by atoms with Gasteiger partial charge < -0.3 is 0 Å². The van der Waals surface area contributed by atoms with E-state index < -0.39 is 10.1 Å². The second kappa shape index (κ2) is 5.38. The molecular weight excluding hydrogens is 260 g/mol. The van der Waals surface area contributed by atoms with E-state index in [0.717, 1.165) is 11.1 Å². The Kier molecular flexibility index (Phi) is 3.83. The minimum absolute atomic E-state index is 0.0972. The van der Waals surface area contributed by atoms with Crippen LogP contribution in [0.15, 0.2) is 53.4 Å². The monoisotopic (exact) mass is 274 g/mol. The van der Waals surface area contributed by atoms with Crippen LogP contribution in [0, 0.1) is 6.92 Å². The third-order valence-corrected chi connectivity index (χ3v) is 3.59. The van der Waals surface area contributed by atoms with E-state index >= 15 is 0 Å². The molecule has 0 aromatic heterocycles. The van der Waals surface area contributed by atoms with Crippen LogP contribution < -0.4 is 0 Å². The van der Waals surface area contributed by atoms with Crippen LogP contribution in [0.25, 0.3) is 12.2 Å². The van der Waals surface area contributed by atoms with E-state index in [1.54, 1.807) is 12.1 Å². The van der Waals surface area contributed by atoms with Gasteiger partial charge >= 0.3 is 0 Å². The Labute approximate surface area is 113 Å². The molecule has 0 aliphatic carbocycles. The third kappa shape index (κ3) is 3.77. The molecule has 0 heterocycles. The maximum absolute atomic E-state index is 10.9. The maximum atomic E-state index is 10.9. The molecule has 3 nitrogen and oxygen atoms in total. The lowest BCUT2D eigenvalue weighted by Gasteiger charge is -1.98. The van der Waals surface area contributed by atoms with Gasteiger partial charge in [-0.15, -0.1) is 0 Å². The van der Waals surface area contributed by atoms with Crippen molar-refractivity contribution in [1.29, 1.82) is 0 Å². The summed E-state index contributed by atoms with van der Waals surface area (Å²) in [5, 5.41) is 0. The van der Waals surface area contributed by atoms with E-state index in [1.165, 1.54) is 17.7 Å². The minimum atomic E-state index is -4.12. The van der Waals surface area contributed by atoms with Crippen LogP contribution in [0.1, 0.15) is 16.7 Å². The van der Waals surface area contributed by atoms with Crippen molar-refractivity contribution in [2.45, 2.75) is 11.8 Å². The first-order valence-electron chi connectivity index (χ1n) is 5.77. The average molecular weight is 274 g/mol. The van der Waals surface area contributed by atoms with Crippen molar-refractivity contribution in [3.05, 3.63) is 65.2 Å². The van der Waals surface area contributed by atoms with Crippen molar-refractivity contribution in [3.63, 3.8) is 0 Å². The highest BCUT2D eigenvalue weighted by atomic mass is 32.2. The van der Waals surface area contributed by atoms with Crippen LogP contribution in [0.2, 0.25) is 0 Å². The summed E-state index contributed by atoms with van der Waals surface area (Å²) in [6, 6.07) is 14.1. The molecular formula is C15H14O3S. The van der Waals surface area contributed by atoms with Gasteiger partial charge in [0, 0.05) is 0 Å². The Morgan fingerprint density at radius 2 is 1.26 bits per heavy atom. The van der Waals surface area contributed by atoms with Crippen molar-refractivity contribution in [1.82, 2.24) is 0 Å². The van der Waals surface area contributed by atoms with Crippen molar-refractivity contribution in [3.8, 4) is 0 Å². The van der Waals surface area contributed by atoms with Gasteiger partial charge in [0.1, 0.15) is 0 Å². The molecule has 19 heavy (non-hydrogen) atoms. The van der Waals surface area contributed by atoms with Crippen LogP contribution in [-0.4, -0.2) is 13.0 Å². The first-order chi connectivity index (χ1) is 8.95. The molecule has 0 atom stereocenters. The van der Waals surface area contributed by atoms with Gasteiger partial charge in [-0.2, -0.15) is 8.42 Å². The zero-order chi connectivity index (χ0) is 13.9. The average Bonchev–Trinajstić information content (AvgIpc) is 2.37. The van der Waals surface area contributed by atoms with Gasteiger partial charge in [0.15, 0.2) is 0 Å². The molecule has 0 saturated heterocycles. The predicted octanol–water partition coefficient (Wildman–Crippen LogP) is 3.41. The highest BCUT2D eigenvalue weighted by Crippen LogP contribution is 2.13. The van der Waals surface area contributed by atoms with Gasteiger partial charge in [0.2, 0.25) is 0 Å². The van der Waals surface area contributed by atoms with Crippen molar-refractivity contribution < 1.29 is 13.0 Å². The first kappa shape index (κ1) is 13.5. The van der Waals surface area contributed by atoms with Gasteiger partial charge in [-0.3, -0.25) is 4.55 Å². The van der Waals surface area contributed by atoms with Crippen LogP contribution >= 0.6 is 0 Å². The zero-order valence-electron chi connectivity index (χ0n) is 10.4. The topological polar surface area (TPSA) is 54.4 Å². The molecule has 0 aliphatic rings. The summed E-state index contributed by atoms with van der Waals surface area (Å²) in [7, 11) is -4.12. The molecule has 2 rings (SSSR count). The largest absolute Gasteiger partial charge is 0.294 e. The SMILES string of the molecule is Cc1ccc(/C=C/c2ccc(S(=O)(=O)O)cc2)cc1. The standard InChI is InChI=1S/C15H14O3S/c1-12-2-4-13(5-3-12)6-7-14-8-10-15(11-9-14)19(16,17)18/h2-11H,1H3,(H,16,17,18)/b7-6+. The number of hydrogen-bond acceptors (Lipinski definition) is 2. The second-order valence-electron chi connectivity index (χ2n) is 4.29. The molecule has 0 amide bonds. The van der Waals surface area contributed by atoms with Crippen molar-refractivity contribution >= 4 is 22.3 Å². The van der Waals surface area contributed by atoms with Crippen LogP contribution in [-0.2, 0) is 10.1 Å². The quantitative estimate of drug-likeness (QED) is 0.689. The lowest BCUT2D eigenvalue weighted by atomic mass is 10.1. The summed E-state index contributed by atoms with van der Waals surface area (Å²) >= 11 is 0. The van der Waals surface area contributed by atoms with E-state index in [2.05, 4.69) is 0 Å². The normalized spacial score (nSPS) is 11.9. The van der Waals surface area contributed by atoms with Gasteiger partial charge in [-0.25, -0.2) is 0 Å². The molecule has 4 heteroatoms. The Balaban J connectivity index is 2.18. The van der Waals surface area contributed by atoms with E-state index in [4.69, 9.17) is 4.55 Å². The van der Waals surface area contributed by atoms with E-state index in [9.17, 15) is 8.42 Å². The highest BCUT2D eigenvalue weighted by Gasteiger charge is 2.07. The fourth-order valence-electron chi connectivity index (χ4n) is 1.62. The van der Waals surface area contributed by atoms with Gasteiger partial charge in [-0.05, 0) is 30.2 Å². The smallest absolute Gasteiger partial charge is 0.282 e. The highest BCUT2D eigenvalue weighted by molar-refractivity contribution is 7.85. The molecule has 0 aliphatic heterocycles. The van der Waals surface area contributed by atoms with E-state index in [-0.39, 0.29) is 4.90 Å². The van der Waals surface area contributed by atoms with Crippen LogP contribution in [0.5, 0.6) is 0 Å². The van der Waals surface area contributed by atoms with Gasteiger partial charge in [0.25, 0.3) is 10.1 Å². The molecule has 2 aromatic carbocycles. The summed E-state index contributed by atoms with van der Waals surface area (Å²) in [6.07, 6.45) is 3.83. The first-order valence-corrected chi connectivity index (χ1v) is 7.21. The number of rotatable bonds is 3. The zero-order valence-corrected chi connectivity index (χ0v) is 11.3. The number of hydrogen-bond donors (Lipinski definition) is 1. The van der Waals surface area contributed by atoms with Crippen molar-refractivity contribution in [2.75, 3.05) is 0 Å². The Morgan fingerprint density at radius 3 is 1.68 bits per heavy atom. The molecule has 1 N–H and O–H groups in total. The predicted molar refractivity (Wildman–Crippen MR) is 76.4 cm³/mol. The Hall–Kier alpha value is -1.91. The minimum Gasteiger partial charge on any atom is -0.282 e. The Morgan fingerprint density at radius 1 is 0.842 bits per heavy atom. The van der Waals surface area contributed by atoms with Crippen LogP contribution in [0.3, 0.4) is 0 Å².